The van der Waals surface area contributed by atoms with Crippen molar-refractivity contribution in [3.05, 3.63) is 60.7 Å². The first-order chi connectivity index (χ1) is 11.3. The third-order valence-electron chi connectivity index (χ3n) is 4.20. The van der Waals surface area contributed by atoms with Crippen LogP contribution in [0.5, 0.6) is 0 Å². The van der Waals surface area contributed by atoms with E-state index >= 15 is 0 Å². The van der Waals surface area contributed by atoms with Crippen molar-refractivity contribution < 1.29 is 0 Å². The number of benzene rings is 2. The first-order valence-corrected chi connectivity index (χ1v) is 8.32. The molecule has 4 aromatic rings. The molecule has 0 N–H and O–H groups in total. The van der Waals surface area contributed by atoms with Crippen molar-refractivity contribution in [1.82, 2.24) is 9.97 Å². The lowest BCUT2D eigenvalue weighted by atomic mass is 10.2. The summed E-state index contributed by atoms with van der Waals surface area (Å²) in [7, 11) is 2.04. The second-order valence-corrected chi connectivity index (χ2v) is 6.75. The molecule has 23 heavy (non-hydrogen) atoms. The molecule has 0 atom stereocenters. The highest BCUT2D eigenvalue weighted by molar-refractivity contribution is 7.99. The molecule has 3 heterocycles. The Morgan fingerprint density at radius 1 is 0.739 bits per heavy atom. The average Bonchev–Trinajstić information content (AvgIpc) is 2.59. The molecular weight excluding hydrogens is 302 g/mol. The molecule has 4 heteroatoms. The minimum Gasteiger partial charge on any atom is -0.312 e. The van der Waals surface area contributed by atoms with Crippen LogP contribution in [0.2, 0.25) is 0 Å². The summed E-state index contributed by atoms with van der Waals surface area (Å²) in [6.07, 6.45) is 0. The molecule has 3 nitrogen and oxygen atoms in total. The molecular formula is C19H13N3S. The fourth-order valence-corrected chi connectivity index (χ4v) is 4.18. The van der Waals surface area contributed by atoms with Gasteiger partial charge in [-0.05, 0) is 24.3 Å². The molecule has 0 bridgehead atoms. The summed E-state index contributed by atoms with van der Waals surface area (Å²) >= 11 is 1.75. The third-order valence-corrected chi connectivity index (χ3v) is 5.24. The summed E-state index contributed by atoms with van der Waals surface area (Å²) in [5, 5.41) is 2.34. The molecule has 0 spiro atoms. The molecule has 110 valence electrons. The zero-order valence-electron chi connectivity index (χ0n) is 12.5. The normalized spacial score (nSPS) is 13.2. The van der Waals surface area contributed by atoms with Crippen molar-refractivity contribution >= 4 is 45.2 Å². The molecule has 1 aliphatic heterocycles. The monoisotopic (exact) mass is 315 g/mol. The second-order valence-electron chi connectivity index (χ2n) is 5.67. The first-order valence-electron chi connectivity index (χ1n) is 7.51. The van der Waals surface area contributed by atoms with Crippen molar-refractivity contribution in [2.24, 2.45) is 0 Å². The molecule has 1 aliphatic rings. The Morgan fingerprint density at radius 3 is 1.74 bits per heavy atom. The largest absolute Gasteiger partial charge is 0.312 e. The van der Waals surface area contributed by atoms with E-state index in [-0.39, 0.29) is 0 Å². The van der Waals surface area contributed by atoms with Crippen molar-refractivity contribution in [3.63, 3.8) is 0 Å². The SMILES string of the molecule is CN1c2nc3ccccc3cc2Sc2cc3ccccc3nc21. The zero-order chi connectivity index (χ0) is 15.4. The number of hydrogen-bond acceptors (Lipinski definition) is 4. The summed E-state index contributed by atoms with van der Waals surface area (Å²) in [5.41, 5.74) is 2.03. The maximum atomic E-state index is 4.84. The summed E-state index contributed by atoms with van der Waals surface area (Å²) in [4.78, 5) is 14.1. The van der Waals surface area contributed by atoms with Crippen LogP contribution in [0.25, 0.3) is 21.8 Å². The van der Waals surface area contributed by atoms with Crippen LogP contribution in [-0.4, -0.2) is 17.0 Å². The highest BCUT2D eigenvalue weighted by Gasteiger charge is 2.24. The number of rotatable bonds is 0. The average molecular weight is 315 g/mol. The Bertz CT molecular complexity index is 989. The van der Waals surface area contributed by atoms with Crippen molar-refractivity contribution in [1.29, 1.82) is 0 Å². The topological polar surface area (TPSA) is 29.0 Å². The lowest BCUT2D eigenvalue weighted by molar-refractivity contribution is 1.02. The minimum absolute atomic E-state index is 0.976. The Balaban J connectivity index is 1.76. The molecule has 0 radical (unpaired) electrons. The van der Waals surface area contributed by atoms with E-state index in [9.17, 15) is 0 Å². The van der Waals surface area contributed by atoms with E-state index in [1.165, 1.54) is 20.6 Å². The van der Waals surface area contributed by atoms with Crippen LogP contribution in [-0.2, 0) is 0 Å². The molecule has 0 fully saturated rings. The molecule has 5 rings (SSSR count). The highest BCUT2D eigenvalue weighted by Crippen LogP contribution is 2.47. The predicted molar refractivity (Wildman–Crippen MR) is 95.7 cm³/mol. The van der Waals surface area contributed by atoms with E-state index in [0.29, 0.717) is 0 Å². The van der Waals surface area contributed by atoms with Crippen LogP contribution in [0, 0.1) is 0 Å². The van der Waals surface area contributed by atoms with Crippen LogP contribution in [0.15, 0.2) is 70.5 Å². The van der Waals surface area contributed by atoms with E-state index in [4.69, 9.17) is 9.97 Å². The Kier molecular flexibility index (Phi) is 2.64. The molecule has 2 aromatic heterocycles. The highest BCUT2D eigenvalue weighted by atomic mass is 32.2. The summed E-state index contributed by atoms with van der Waals surface area (Å²) in [6.45, 7) is 0. The van der Waals surface area contributed by atoms with Gasteiger partial charge in [0.05, 0.1) is 20.8 Å². The standard InChI is InChI=1S/C19H13N3S/c1-22-18-16(10-12-6-2-4-8-14(12)20-18)23-17-11-13-7-3-5-9-15(13)21-19(17)22/h2-11H,1H3. The van der Waals surface area contributed by atoms with Gasteiger partial charge in [-0.25, -0.2) is 9.97 Å². The van der Waals surface area contributed by atoms with Gasteiger partial charge in [0.25, 0.3) is 0 Å². The third kappa shape index (κ3) is 1.92. The molecule has 0 saturated carbocycles. The Hall–Kier alpha value is -2.59. The van der Waals surface area contributed by atoms with Gasteiger partial charge in [-0.1, -0.05) is 48.2 Å². The van der Waals surface area contributed by atoms with Crippen LogP contribution in [0.3, 0.4) is 0 Å². The Labute approximate surface area is 138 Å². The van der Waals surface area contributed by atoms with Gasteiger partial charge < -0.3 is 4.90 Å². The van der Waals surface area contributed by atoms with Gasteiger partial charge in [0.15, 0.2) is 0 Å². The first kappa shape index (κ1) is 12.9. The number of para-hydroxylation sites is 2. The number of hydrogen-bond donors (Lipinski definition) is 0. The maximum absolute atomic E-state index is 4.84. The number of anilines is 2. The molecule has 0 unspecified atom stereocenters. The predicted octanol–water partition coefficient (Wildman–Crippen LogP) is 5.02. The number of fused-ring (bicyclic) bond motifs is 4. The van der Waals surface area contributed by atoms with E-state index in [1.807, 2.05) is 19.2 Å². The van der Waals surface area contributed by atoms with Gasteiger partial charge in [0.1, 0.15) is 11.6 Å². The second kappa shape index (κ2) is 4.70. The summed E-state index contributed by atoms with van der Waals surface area (Å²) in [6, 6.07) is 20.9. The van der Waals surface area contributed by atoms with Crippen LogP contribution < -0.4 is 4.90 Å². The van der Waals surface area contributed by atoms with Crippen LogP contribution in [0.1, 0.15) is 0 Å². The lowest BCUT2D eigenvalue weighted by Crippen LogP contribution is -2.17. The molecule has 0 amide bonds. The van der Waals surface area contributed by atoms with Gasteiger partial charge in [-0.2, -0.15) is 0 Å². The lowest BCUT2D eigenvalue weighted by Gasteiger charge is -2.27. The van der Waals surface area contributed by atoms with E-state index in [1.54, 1.807) is 11.8 Å². The summed E-state index contributed by atoms with van der Waals surface area (Å²) < 4.78 is 0. The van der Waals surface area contributed by atoms with Gasteiger partial charge in [-0.15, -0.1) is 0 Å². The van der Waals surface area contributed by atoms with E-state index < -0.39 is 0 Å². The maximum Gasteiger partial charge on any atom is 0.148 e. The summed E-state index contributed by atoms with van der Waals surface area (Å²) in [5.74, 6) is 1.95. The molecule has 2 aromatic carbocycles. The van der Waals surface area contributed by atoms with Crippen LogP contribution in [0.4, 0.5) is 11.6 Å². The number of pyridine rings is 2. The van der Waals surface area contributed by atoms with Crippen molar-refractivity contribution in [3.8, 4) is 0 Å². The zero-order valence-corrected chi connectivity index (χ0v) is 13.3. The van der Waals surface area contributed by atoms with Gasteiger partial charge in [0, 0.05) is 17.8 Å². The van der Waals surface area contributed by atoms with E-state index in [2.05, 4.69) is 53.4 Å². The number of nitrogens with zero attached hydrogens (tertiary/aromatic N) is 3. The fraction of sp³-hybridized carbons (Fsp3) is 0.0526. The minimum atomic E-state index is 0.976. The van der Waals surface area contributed by atoms with Crippen molar-refractivity contribution in [2.75, 3.05) is 11.9 Å². The smallest absolute Gasteiger partial charge is 0.148 e. The van der Waals surface area contributed by atoms with Crippen LogP contribution >= 0.6 is 11.8 Å². The quantitative estimate of drug-likeness (QED) is 0.456. The van der Waals surface area contributed by atoms with Gasteiger partial charge in [0.2, 0.25) is 0 Å². The molecule has 0 aliphatic carbocycles. The number of aromatic nitrogens is 2. The van der Waals surface area contributed by atoms with Gasteiger partial charge >= 0.3 is 0 Å². The molecule has 0 saturated heterocycles. The Morgan fingerprint density at radius 2 is 1.22 bits per heavy atom. The van der Waals surface area contributed by atoms with Gasteiger partial charge in [-0.3, -0.25) is 0 Å². The fourth-order valence-electron chi connectivity index (χ4n) is 3.02. The van der Waals surface area contributed by atoms with Crippen molar-refractivity contribution in [2.45, 2.75) is 9.79 Å². The van der Waals surface area contributed by atoms with E-state index in [0.717, 1.165) is 22.7 Å².